The molecule has 3 heteroatoms. The Morgan fingerprint density at radius 2 is 0.789 bits per heavy atom. The first kappa shape index (κ1) is 33.2. The summed E-state index contributed by atoms with van der Waals surface area (Å²) in [5.74, 6) is 0. The maximum Gasteiger partial charge on any atom is 0.0541 e. The number of para-hydroxylation sites is 2. The highest BCUT2D eigenvalue weighted by atomic mass is 32.1. The first-order valence-electron chi connectivity index (χ1n) is 19.4. The predicted octanol–water partition coefficient (Wildman–Crippen LogP) is 15.6. The molecule has 0 saturated carbocycles. The van der Waals surface area contributed by atoms with Crippen LogP contribution in [-0.2, 0) is 0 Å². The van der Waals surface area contributed by atoms with Crippen LogP contribution in [0.2, 0.25) is 0 Å². The number of hydrogen-bond acceptors (Lipinski definition) is 2. The number of rotatable bonds is 7. The first-order chi connectivity index (χ1) is 28.3. The third-order valence-electron chi connectivity index (χ3n) is 11.2. The molecule has 11 aromatic rings. The van der Waals surface area contributed by atoms with Crippen molar-refractivity contribution in [1.82, 2.24) is 4.57 Å². The Morgan fingerprint density at radius 1 is 0.333 bits per heavy atom. The Balaban J connectivity index is 1.09. The lowest BCUT2D eigenvalue weighted by atomic mass is 9.99. The molecule has 0 saturated heterocycles. The molecule has 0 bridgehead atoms. The monoisotopic (exact) mass is 744 g/mol. The fourth-order valence-electron chi connectivity index (χ4n) is 8.46. The lowest BCUT2D eigenvalue weighted by Gasteiger charge is -2.27. The molecule has 0 aliphatic carbocycles. The van der Waals surface area contributed by atoms with E-state index in [0.29, 0.717) is 0 Å². The highest BCUT2D eigenvalue weighted by Crippen LogP contribution is 2.46. The summed E-state index contributed by atoms with van der Waals surface area (Å²) < 4.78 is 4.97. The number of anilines is 3. The van der Waals surface area contributed by atoms with E-state index in [2.05, 4.69) is 228 Å². The van der Waals surface area contributed by atoms with Crippen LogP contribution >= 0.6 is 11.3 Å². The number of nitrogens with zero attached hydrogens (tertiary/aromatic N) is 2. The average Bonchev–Trinajstić information content (AvgIpc) is 3.83. The van der Waals surface area contributed by atoms with Crippen molar-refractivity contribution in [2.75, 3.05) is 4.90 Å². The number of hydrogen-bond donors (Lipinski definition) is 0. The van der Waals surface area contributed by atoms with Gasteiger partial charge >= 0.3 is 0 Å². The lowest BCUT2D eigenvalue weighted by Crippen LogP contribution is -2.10. The maximum atomic E-state index is 2.41. The Labute approximate surface area is 335 Å². The minimum atomic E-state index is 1.11. The van der Waals surface area contributed by atoms with E-state index in [-0.39, 0.29) is 0 Å². The van der Waals surface area contributed by atoms with E-state index in [1.165, 1.54) is 75.4 Å². The van der Waals surface area contributed by atoms with Gasteiger partial charge in [0.25, 0.3) is 0 Å². The quantitative estimate of drug-likeness (QED) is 0.158. The molecule has 0 amide bonds. The molecule has 268 valence electrons. The van der Waals surface area contributed by atoms with E-state index >= 15 is 0 Å². The predicted molar refractivity (Wildman–Crippen MR) is 245 cm³/mol. The molecule has 9 aromatic carbocycles. The van der Waals surface area contributed by atoms with Gasteiger partial charge in [0.15, 0.2) is 0 Å². The number of thiophene rings is 1. The van der Waals surface area contributed by atoms with Crippen molar-refractivity contribution >= 4 is 70.4 Å². The van der Waals surface area contributed by atoms with Gasteiger partial charge in [-0.15, -0.1) is 11.3 Å². The molecule has 2 nitrogen and oxygen atoms in total. The normalized spacial score (nSPS) is 11.5. The largest absolute Gasteiger partial charge is 0.310 e. The van der Waals surface area contributed by atoms with Crippen LogP contribution in [0.5, 0.6) is 0 Å². The first-order valence-corrected chi connectivity index (χ1v) is 20.2. The van der Waals surface area contributed by atoms with Crippen LogP contribution in [-0.4, -0.2) is 4.57 Å². The molecule has 11 rings (SSSR count). The molecule has 0 radical (unpaired) electrons. The molecule has 0 fully saturated rings. The van der Waals surface area contributed by atoms with Gasteiger partial charge in [0, 0.05) is 59.3 Å². The molecule has 0 N–H and O–H groups in total. The maximum absolute atomic E-state index is 2.41. The molecular formula is C54H36N2S. The zero-order chi connectivity index (χ0) is 37.7. The highest BCUT2D eigenvalue weighted by Gasteiger charge is 2.20. The van der Waals surface area contributed by atoms with Gasteiger partial charge in [-0.2, -0.15) is 0 Å². The Hall–Kier alpha value is -7.20. The zero-order valence-electron chi connectivity index (χ0n) is 31.1. The second-order valence-corrected chi connectivity index (χ2v) is 15.6. The van der Waals surface area contributed by atoms with Crippen molar-refractivity contribution in [3.05, 3.63) is 218 Å². The number of benzene rings is 9. The SMILES string of the molecule is c1ccc(-c2ccc(N(c3ccc(-c4ccccc4)cc3)c3cc(-c4ccc(-n5c6ccccc6c6ccccc65)cc4)c4sc5ccccc5c4c3)cc2)cc1. The third kappa shape index (κ3) is 5.80. The minimum Gasteiger partial charge on any atom is -0.310 e. The molecule has 2 heterocycles. The highest BCUT2D eigenvalue weighted by molar-refractivity contribution is 7.26. The van der Waals surface area contributed by atoms with Gasteiger partial charge in [-0.3, -0.25) is 0 Å². The molecule has 0 unspecified atom stereocenters. The Morgan fingerprint density at radius 3 is 1.35 bits per heavy atom. The van der Waals surface area contributed by atoms with Gasteiger partial charge in [0.2, 0.25) is 0 Å². The number of aromatic nitrogens is 1. The molecule has 0 spiro atoms. The Kier molecular flexibility index (Phi) is 8.04. The second-order valence-electron chi connectivity index (χ2n) is 14.5. The van der Waals surface area contributed by atoms with Crippen LogP contribution < -0.4 is 4.90 Å². The summed E-state index contributed by atoms with van der Waals surface area (Å²) in [5.41, 5.74) is 14.1. The van der Waals surface area contributed by atoms with Crippen LogP contribution in [0.1, 0.15) is 0 Å². The minimum absolute atomic E-state index is 1.11. The van der Waals surface area contributed by atoms with E-state index in [9.17, 15) is 0 Å². The van der Waals surface area contributed by atoms with Crippen LogP contribution in [0.4, 0.5) is 17.1 Å². The van der Waals surface area contributed by atoms with Crippen molar-refractivity contribution in [1.29, 1.82) is 0 Å². The van der Waals surface area contributed by atoms with Crippen molar-refractivity contribution in [3.63, 3.8) is 0 Å². The molecule has 0 atom stereocenters. The van der Waals surface area contributed by atoms with Gasteiger partial charge in [-0.1, -0.05) is 152 Å². The topological polar surface area (TPSA) is 8.17 Å². The fourth-order valence-corrected chi connectivity index (χ4v) is 9.68. The molecule has 2 aromatic heterocycles. The van der Waals surface area contributed by atoms with Crippen LogP contribution in [0.25, 0.3) is 81.0 Å². The summed E-state index contributed by atoms with van der Waals surface area (Å²) in [6.45, 7) is 0. The summed E-state index contributed by atoms with van der Waals surface area (Å²) >= 11 is 1.88. The van der Waals surface area contributed by atoms with E-state index in [1.807, 2.05) is 11.3 Å². The standard InChI is InChI=1S/C54H36N2S/c1-3-13-37(14-4-1)39-23-29-42(30-24-39)55(43-31-25-40(26-32-43)38-15-5-2-6-16-38)45-35-49(54-50(36-45)48-19-9-12-22-53(48)57-54)41-27-33-44(34-28-41)56-51-20-10-7-17-46(51)47-18-8-11-21-52(47)56/h1-36H. The van der Waals surface area contributed by atoms with Gasteiger partial charge < -0.3 is 9.47 Å². The van der Waals surface area contributed by atoms with Gasteiger partial charge in [0.05, 0.1) is 11.0 Å². The van der Waals surface area contributed by atoms with Crippen molar-refractivity contribution in [3.8, 4) is 39.1 Å². The van der Waals surface area contributed by atoms with E-state index < -0.39 is 0 Å². The van der Waals surface area contributed by atoms with Crippen LogP contribution in [0.15, 0.2) is 218 Å². The van der Waals surface area contributed by atoms with E-state index in [0.717, 1.165) is 22.7 Å². The van der Waals surface area contributed by atoms with E-state index in [4.69, 9.17) is 0 Å². The Bertz CT molecular complexity index is 3060. The van der Waals surface area contributed by atoms with E-state index in [1.54, 1.807) is 0 Å². The van der Waals surface area contributed by atoms with Crippen LogP contribution in [0.3, 0.4) is 0 Å². The zero-order valence-corrected chi connectivity index (χ0v) is 31.9. The third-order valence-corrected chi connectivity index (χ3v) is 12.4. The van der Waals surface area contributed by atoms with Gasteiger partial charge in [-0.05, 0) is 94.5 Å². The lowest BCUT2D eigenvalue weighted by molar-refractivity contribution is 1.18. The summed E-state index contributed by atoms with van der Waals surface area (Å²) in [6.07, 6.45) is 0. The second kappa shape index (κ2) is 13.8. The van der Waals surface area contributed by atoms with Gasteiger partial charge in [0.1, 0.15) is 0 Å². The molecular weight excluding hydrogens is 709 g/mol. The smallest absolute Gasteiger partial charge is 0.0541 e. The number of fused-ring (bicyclic) bond motifs is 6. The summed E-state index contributed by atoms with van der Waals surface area (Å²) in [7, 11) is 0. The summed E-state index contributed by atoms with van der Waals surface area (Å²) in [6, 6.07) is 79.4. The van der Waals surface area contributed by atoms with Crippen LogP contribution in [0, 0.1) is 0 Å². The molecule has 0 aliphatic heterocycles. The summed E-state index contributed by atoms with van der Waals surface area (Å²) in [5, 5.41) is 5.08. The van der Waals surface area contributed by atoms with Crippen molar-refractivity contribution in [2.45, 2.75) is 0 Å². The van der Waals surface area contributed by atoms with Crippen molar-refractivity contribution in [2.24, 2.45) is 0 Å². The fraction of sp³-hybridized carbons (Fsp3) is 0. The average molecular weight is 745 g/mol. The summed E-state index contributed by atoms with van der Waals surface area (Å²) in [4.78, 5) is 2.41. The molecule has 57 heavy (non-hydrogen) atoms. The van der Waals surface area contributed by atoms with Crippen molar-refractivity contribution < 1.29 is 0 Å². The molecule has 0 aliphatic rings. The van der Waals surface area contributed by atoms with Gasteiger partial charge in [-0.25, -0.2) is 0 Å².